The minimum absolute atomic E-state index is 0.0728. The molecule has 2 aromatic rings. The number of urea groups is 1. The summed E-state index contributed by atoms with van der Waals surface area (Å²) >= 11 is 0. The predicted octanol–water partition coefficient (Wildman–Crippen LogP) is 3.57. The molecule has 0 saturated heterocycles. The molecule has 4 nitrogen and oxygen atoms in total. The Labute approximate surface area is 144 Å². The summed E-state index contributed by atoms with van der Waals surface area (Å²) in [5.74, 6) is 0.821. The van der Waals surface area contributed by atoms with Crippen molar-refractivity contribution >= 4 is 6.03 Å². The van der Waals surface area contributed by atoms with E-state index in [-0.39, 0.29) is 6.03 Å². The number of nitrogens with one attached hydrogen (secondary N) is 1. The fourth-order valence-corrected chi connectivity index (χ4v) is 2.48. The lowest BCUT2D eigenvalue weighted by atomic mass is 10.0. The molecule has 0 aliphatic rings. The van der Waals surface area contributed by atoms with Crippen molar-refractivity contribution in [1.29, 1.82) is 0 Å². The highest BCUT2D eigenvalue weighted by Gasteiger charge is 2.08. The van der Waals surface area contributed by atoms with E-state index in [1.54, 1.807) is 11.9 Å². The van der Waals surface area contributed by atoms with Crippen LogP contribution in [-0.2, 0) is 6.42 Å². The number of carbonyl (C=O) groups is 1. The Kier molecular flexibility index (Phi) is 6.67. The number of nitrogens with zero attached hydrogens (tertiary/aromatic N) is 1. The minimum atomic E-state index is -0.0728. The van der Waals surface area contributed by atoms with Crippen molar-refractivity contribution in [2.75, 3.05) is 26.7 Å². The number of para-hydroxylation sites is 1. The Morgan fingerprint density at radius 1 is 1.12 bits per heavy atom. The van der Waals surface area contributed by atoms with E-state index in [1.807, 2.05) is 30.3 Å². The molecule has 0 bridgehead atoms. The molecule has 0 aliphatic carbocycles. The molecule has 2 amide bonds. The first-order valence-electron chi connectivity index (χ1n) is 8.29. The second kappa shape index (κ2) is 8.96. The van der Waals surface area contributed by atoms with E-state index in [1.165, 1.54) is 16.7 Å². The molecule has 1 N–H and O–H groups in total. The smallest absolute Gasteiger partial charge is 0.317 e. The molecule has 0 aliphatic heterocycles. The SMILES string of the molecule is Cc1ccc(CCNC(=O)N(C)CCOc2ccccc2)c(C)c1. The van der Waals surface area contributed by atoms with Crippen LogP contribution in [0, 0.1) is 13.8 Å². The van der Waals surface area contributed by atoms with Gasteiger partial charge in [-0.3, -0.25) is 0 Å². The Balaban J connectivity index is 1.68. The number of hydrogen-bond acceptors (Lipinski definition) is 2. The van der Waals surface area contributed by atoms with Crippen LogP contribution in [0.15, 0.2) is 48.5 Å². The van der Waals surface area contributed by atoms with Gasteiger partial charge in [0.15, 0.2) is 0 Å². The highest BCUT2D eigenvalue weighted by Crippen LogP contribution is 2.11. The molecule has 0 aromatic heterocycles. The van der Waals surface area contributed by atoms with E-state index in [0.717, 1.165) is 12.2 Å². The first kappa shape index (κ1) is 17.9. The van der Waals surface area contributed by atoms with Crippen molar-refractivity contribution in [2.24, 2.45) is 0 Å². The van der Waals surface area contributed by atoms with E-state index in [9.17, 15) is 4.79 Å². The summed E-state index contributed by atoms with van der Waals surface area (Å²) in [6.07, 6.45) is 0.839. The Bertz CT molecular complexity index is 656. The number of aryl methyl sites for hydroxylation is 2. The lowest BCUT2D eigenvalue weighted by Gasteiger charge is -2.18. The summed E-state index contributed by atoms with van der Waals surface area (Å²) in [7, 11) is 1.78. The van der Waals surface area contributed by atoms with Crippen molar-refractivity contribution in [3.05, 3.63) is 65.2 Å². The molecule has 2 rings (SSSR count). The van der Waals surface area contributed by atoms with Crippen LogP contribution in [0.2, 0.25) is 0 Å². The Morgan fingerprint density at radius 3 is 2.58 bits per heavy atom. The van der Waals surface area contributed by atoms with Gasteiger partial charge >= 0.3 is 6.03 Å². The second-order valence-electron chi connectivity index (χ2n) is 5.99. The first-order valence-corrected chi connectivity index (χ1v) is 8.29. The molecule has 0 spiro atoms. The number of carbonyl (C=O) groups excluding carboxylic acids is 1. The van der Waals surface area contributed by atoms with Gasteiger partial charge in [0.2, 0.25) is 0 Å². The van der Waals surface area contributed by atoms with Crippen LogP contribution in [0.3, 0.4) is 0 Å². The third-order valence-electron chi connectivity index (χ3n) is 3.95. The quantitative estimate of drug-likeness (QED) is 0.845. The van der Waals surface area contributed by atoms with Gasteiger partial charge in [-0.15, -0.1) is 0 Å². The number of benzene rings is 2. The summed E-state index contributed by atoms with van der Waals surface area (Å²) in [5.41, 5.74) is 3.81. The first-order chi connectivity index (χ1) is 11.6. The maximum Gasteiger partial charge on any atom is 0.317 e. The highest BCUT2D eigenvalue weighted by atomic mass is 16.5. The van der Waals surface area contributed by atoms with Gasteiger partial charge in [0.25, 0.3) is 0 Å². The number of ether oxygens (including phenoxy) is 1. The number of likely N-dealkylation sites (N-methyl/N-ethyl adjacent to an activating group) is 1. The summed E-state index contributed by atoms with van der Waals surface area (Å²) in [6.45, 7) is 5.85. The van der Waals surface area contributed by atoms with E-state index >= 15 is 0 Å². The third-order valence-corrected chi connectivity index (χ3v) is 3.95. The second-order valence-corrected chi connectivity index (χ2v) is 5.99. The standard InChI is InChI=1S/C20H26N2O2/c1-16-9-10-18(17(2)15-16)11-12-21-20(23)22(3)13-14-24-19-7-5-4-6-8-19/h4-10,15H,11-14H2,1-3H3,(H,21,23). The van der Waals surface area contributed by atoms with Crippen molar-refractivity contribution in [3.8, 4) is 5.75 Å². The fourth-order valence-electron chi connectivity index (χ4n) is 2.48. The summed E-state index contributed by atoms with van der Waals surface area (Å²) < 4.78 is 5.61. The molecular formula is C20H26N2O2. The maximum absolute atomic E-state index is 12.1. The molecule has 24 heavy (non-hydrogen) atoms. The Morgan fingerprint density at radius 2 is 1.88 bits per heavy atom. The minimum Gasteiger partial charge on any atom is -0.492 e. The van der Waals surface area contributed by atoms with Crippen LogP contribution in [0.25, 0.3) is 0 Å². The Hall–Kier alpha value is -2.49. The molecule has 128 valence electrons. The monoisotopic (exact) mass is 326 g/mol. The maximum atomic E-state index is 12.1. The number of hydrogen-bond donors (Lipinski definition) is 1. The van der Waals surface area contributed by atoms with Gasteiger partial charge in [-0.2, -0.15) is 0 Å². The predicted molar refractivity (Wildman–Crippen MR) is 97.6 cm³/mol. The van der Waals surface area contributed by atoms with E-state index in [4.69, 9.17) is 4.74 Å². The average molecular weight is 326 g/mol. The van der Waals surface area contributed by atoms with Crippen LogP contribution < -0.4 is 10.1 Å². The van der Waals surface area contributed by atoms with Crippen LogP contribution >= 0.6 is 0 Å². The molecule has 2 aromatic carbocycles. The molecule has 4 heteroatoms. The van der Waals surface area contributed by atoms with Gasteiger partial charge in [-0.25, -0.2) is 4.79 Å². The van der Waals surface area contributed by atoms with E-state index in [0.29, 0.717) is 19.7 Å². The van der Waals surface area contributed by atoms with Gasteiger partial charge in [0.05, 0.1) is 6.54 Å². The van der Waals surface area contributed by atoms with Crippen molar-refractivity contribution in [1.82, 2.24) is 10.2 Å². The topological polar surface area (TPSA) is 41.6 Å². The van der Waals surface area contributed by atoms with E-state index < -0.39 is 0 Å². The van der Waals surface area contributed by atoms with Crippen molar-refractivity contribution < 1.29 is 9.53 Å². The van der Waals surface area contributed by atoms with Gasteiger partial charge in [-0.05, 0) is 43.5 Å². The normalized spacial score (nSPS) is 10.3. The molecule has 0 unspecified atom stereocenters. The average Bonchev–Trinajstić information content (AvgIpc) is 2.57. The van der Waals surface area contributed by atoms with Gasteiger partial charge in [0, 0.05) is 13.6 Å². The summed E-state index contributed by atoms with van der Waals surface area (Å²) in [4.78, 5) is 13.7. The zero-order valence-corrected chi connectivity index (χ0v) is 14.7. The zero-order valence-electron chi connectivity index (χ0n) is 14.7. The third kappa shape index (κ3) is 5.61. The zero-order chi connectivity index (χ0) is 17.4. The molecular weight excluding hydrogens is 300 g/mol. The van der Waals surface area contributed by atoms with Crippen LogP contribution in [0.1, 0.15) is 16.7 Å². The van der Waals surface area contributed by atoms with Crippen molar-refractivity contribution in [3.63, 3.8) is 0 Å². The largest absolute Gasteiger partial charge is 0.492 e. The lowest BCUT2D eigenvalue weighted by Crippen LogP contribution is -2.40. The van der Waals surface area contributed by atoms with Gasteiger partial charge in [0.1, 0.15) is 12.4 Å². The molecule has 0 fully saturated rings. The number of amides is 2. The molecule has 0 saturated carbocycles. The van der Waals surface area contributed by atoms with Gasteiger partial charge in [-0.1, -0.05) is 42.0 Å². The number of rotatable bonds is 7. The fraction of sp³-hybridized carbons (Fsp3) is 0.350. The van der Waals surface area contributed by atoms with E-state index in [2.05, 4.69) is 37.4 Å². The van der Waals surface area contributed by atoms with Crippen LogP contribution in [0.5, 0.6) is 5.75 Å². The van der Waals surface area contributed by atoms with Crippen molar-refractivity contribution in [2.45, 2.75) is 20.3 Å². The van der Waals surface area contributed by atoms with Gasteiger partial charge < -0.3 is 15.0 Å². The van der Waals surface area contributed by atoms with Crippen LogP contribution in [0.4, 0.5) is 4.79 Å². The molecule has 0 heterocycles. The molecule has 0 atom stereocenters. The lowest BCUT2D eigenvalue weighted by molar-refractivity contribution is 0.195. The summed E-state index contributed by atoms with van der Waals surface area (Å²) in [5, 5.41) is 2.95. The highest BCUT2D eigenvalue weighted by molar-refractivity contribution is 5.73. The summed E-state index contributed by atoms with van der Waals surface area (Å²) in [6, 6.07) is 16.0. The molecule has 0 radical (unpaired) electrons. The van der Waals surface area contributed by atoms with Crippen LogP contribution in [-0.4, -0.2) is 37.7 Å².